The van der Waals surface area contributed by atoms with E-state index in [0.717, 1.165) is 38.4 Å². The Morgan fingerprint density at radius 1 is 1.08 bits per heavy atom. The summed E-state index contributed by atoms with van der Waals surface area (Å²) in [4.78, 5) is 12.3. The fraction of sp³-hybridized carbons (Fsp3) is 0.963. The molecule has 0 unspecified atom stereocenters. The van der Waals surface area contributed by atoms with Crippen molar-refractivity contribution in [3.63, 3.8) is 0 Å². The monoisotopic (exact) mass is 533 g/mol. The van der Waals surface area contributed by atoms with E-state index in [1.807, 2.05) is 6.92 Å². The molecule has 4 aliphatic carbocycles. The van der Waals surface area contributed by atoms with Gasteiger partial charge in [-0.05, 0) is 91.3 Å². The molecule has 0 aromatic heterocycles. The smallest absolute Gasteiger partial charge is 0.274 e. The van der Waals surface area contributed by atoms with Gasteiger partial charge in [-0.25, -0.2) is 17.2 Å². The lowest BCUT2D eigenvalue weighted by Crippen LogP contribution is -2.62. The molecule has 9 heteroatoms. The van der Waals surface area contributed by atoms with Crippen LogP contribution in [0.3, 0.4) is 0 Å². The predicted molar refractivity (Wildman–Crippen MR) is 134 cm³/mol. The summed E-state index contributed by atoms with van der Waals surface area (Å²) in [5.74, 6) is -2.32. The topological polar surface area (TPSA) is 104 Å². The Hall–Kier alpha value is -0.800. The van der Waals surface area contributed by atoms with Gasteiger partial charge in [0, 0.05) is 25.6 Å². The second-order valence-corrected chi connectivity index (χ2v) is 15.5. The van der Waals surface area contributed by atoms with Crippen LogP contribution in [0.15, 0.2) is 0 Å². The van der Waals surface area contributed by atoms with Gasteiger partial charge in [-0.3, -0.25) is 4.79 Å². The van der Waals surface area contributed by atoms with Gasteiger partial charge in [0.2, 0.25) is 5.91 Å². The Morgan fingerprint density at radius 2 is 1.75 bits per heavy atom. The van der Waals surface area contributed by atoms with Crippen molar-refractivity contribution >= 4 is 15.7 Å². The molecule has 0 saturated heterocycles. The Kier molecular flexibility index (Phi) is 7.64. The van der Waals surface area contributed by atoms with Gasteiger partial charge in [-0.2, -0.15) is 0 Å². The van der Waals surface area contributed by atoms with E-state index in [9.17, 15) is 32.2 Å². The average Bonchev–Trinajstić information content (AvgIpc) is 3.10. The first kappa shape index (κ1) is 28.2. The fourth-order valence-corrected chi connectivity index (χ4v) is 9.70. The van der Waals surface area contributed by atoms with Gasteiger partial charge in [0.25, 0.3) is 5.92 Å². The number of sulfone groups is 1. The Bertz CT molecular complexity index is 944. The van der Waals surface area contributed by atoms with Crippen LogP contribution in [0.1, 0.15) is 78.6 Å². The summed E-state index contributed by atoms with van der Waals surface area (Å²) >= 11 is 0. The zero-order valence-corrected chi connectivity index (χ0v) is 23.0. The van der Waals surface area contributed by atoms with Crippen LogP contribution in [0.2, 0.25) is 0 Å². The molecule has 0 aromatic carbocycles. The van der Waals surface area contributed by atoms with Gasteiger partial charge < -0.3 is 15.5 Å². The zero-order valence-electron chi connectivity index (χ0n) is 22.2. The number of nitrogens with one attached hydrogen (secondary N) is 1. The molecule has 3 N–H and O–H groups in total. The molecule has 0 radical (unpaired) electrons. The van der Waals surface area contributed by atoms with Crippen molar-refractivity contribution in [1.82, 2.24) is 5.32 Å². The summed E-state index contributed by atoms with van der Waals surface area (Å²) in [6.45, 7) is 6.62. The maximum Gasteiger partial charge on any atom is 0.274 e. The molecule has 4 rings (SSSR count). The standard InChI is InChI=1S/C27H45F2NO5S/c1-16(5-8-23(33)30-11-12-36(4,34)35)18-6-7-19-24-20(9-10-25(18,19)2)26(3)15-27(28,29)22(32)14-17(26)13-21(24)31/h16-22,24,31-32H,5-15H2,1-4H3,(H,30,33)/t16-,17-,18-,19+,20+,21+,22-,24+,25-,26+/m1/s1. The van der Waals surface area contributed by atoms with Crippen molar-refractivity contribution in [3.05, 3.63) is 0 Å². The van der Waals surface area contributed by atoms with Gasteiger partial charge in [0.15, 0.2) is 0 Å². The van der Waals surface area contributed by atoms with E-state index < -0.39 is 33.4 Å². The van der Waals surface area contributed by atoms with Gasteiger partial charge in [0.05, 0.1) is 11.9 Å². The maximum atomic E-state index is 14.7. The number of carbonyl (C=O) groups excluding carboxylic acids is 1. The summed E-state index contributed by atoms with van der Waals surface area (Å²) < 4.78 is 51.9. The van der Waals surface area contributed by atoms with Gasteiger partial charge >= 0.3 is 0 Å². The second-order valence-electron chi connectivity index (χ2n) is 13.2. The Balaban J connectivity index is 1.42. The third kappa shape index (κ3) is 5.09. The number of aliphatic hydroxyl groups is 2. The van der Waals surface area contributed by atoms with Gasteiger partial charge in [-0.1, -0.05) is 20.8 Å². The number of alkyl halides is 2. The summed E-state index contributed by atoms with van der Waals surface area (Å²) in [6, 6.07) is 0. The third-order valence-corrected chi connectivity index (χ3v) is 12.0. The maximum absolute atomic E-state index is 14.7. The van der Waals surface area contributed by atoms with Gasteiger partial charge in [-0.15, -0.1) is 0 Å². The van der Waals surface area contributed by atoms with Crippen molar-refractivity contribution in [2.24, 2.45) is 46.3 Å². The molecule has 4 saturated carbocycles. The second kappa shape index (κ2) is 9.74. The van der Waals surface area contributed by atoms with Crippen LogP contribution in [0.4, 0.5) is 8.78 Å². The summed E-state index contributed by atoms with van der Waals surface area (Å²) in [5, 5.41) is 24.1. The van der Waals surface area contributed by atoms with Gasteiger partial charge in [0.1, 0.15) is 15.9 Å². The van der Waals surface area contributed by atoms with E-state index >= 15 is 0 Å². The average molecular weight is 534 g/mol. The molecule has 6 nitrogen and oxygen atoms in total. The molecule has 208 valence electrons. The summed E-state index contributed by atoms with van der Waals surface area (Å²) in [7, 11) is -3.11. The lowest BCUT2D eigenvalue weighted by atomic mass is 9.43. The van der Waals surface area contributed by atoms with Crippen molar-refractivity contribution in [2.45, 2.75) is 96.7 Å². The highest BCUT2D eigenvalue weighted by Gasteiger charge is 2.66. The van der Waals surface area contributed by atoms with Crippen molar-refractivity contribution < 1.29 is 32.2 Å². The highest BCUT2D eigenvalue weighted by molar-refractivity contribution is 7.90. The normalized spacial score (nSPS) is 44.7. The number of carbonyl (C=O) groups is 1. The van der Waals surface area contributed by atoms with E-state index in [4.69, 9.17) is 0 Å². The van der Waals surface area contributed by atoms with E-state index in [1.54, 1.807) is 0 Å². The molecule has 0 bridgehead atoms. The van der Waals surface area contributed by atoms with E-state index in [1.165, 1.54) is 0 Å². The Labute approximate surface area is 214 Å². The highest BCUT2D eigenvalue weighted by Crippen LogP contribution is 2.69. The van der Waals surface area contributed by atoms with Crippen LogP contribution < -0.4 is 5.32 Å². The molecule has 1 amide bonds. The summed E-state index contributed by atoms with van der Waals surface area (Å²) in [6.07, 6.45) is 4.11. The molecular weight excluding hydrogens is 488 g/mol. The van der Waals surface area contributed by atoms with Crippen LogP contribution >= 0.6 is 0 Å². The number of fused-ring (bicyclic) bond motifs is 5. The minimum Gasteiger partial charge on any atom is -0.393 e. The fourth-order valence-electron chi connectivity index (χ4n) is 9.23. The minimum atomic E-state index is -3.11. The van der Waals surface area contributed by atoms with Crippen molar-refractivity contribution in [3.8, 4) is 0 Å². The van der Waals surface area contributed by atoms with Crippen molar-refractivity contribution in [1.29, 1.82) is 0 Å². The molecule has 10 atom stereocenters. The minimum absolute atomic E-state index is 0.00698. The largest absolute Gasteiger partial charge is 0.393 e. The molecule has 4 fully saturated rings. The first-order valence-corrected chi connectivity index (χ1v) is 15.8. The van der Waals surface area contributed by atoms with Crippen LogP contribution in [0.5, 0.6) is 0 Å². The molecule has 0 spiro atoms. The van der Waals surface area contributed by atoms with Crippen LogP contribution in [-0.4, -0.2) is 61.2 Å². The first-order chi connectivity index (χ1) is 16.6. The van der Waals surface area contributed by atoms with E-state index in [-0.39, 0.29) is 60.1 Å². The summed E-state index contributed by atoms with van der Waals surface area (Å²) in [5.41, 5.74) is -0.560. The SMILES string of the molecule is C[C@H](CCC(=O)NCCS(C)(=O)=O)[C@H]1CC[C@H]2[C@@H]3[C@@H](O)C[C@@H]4C[C@@H](O)C(F)(F)C[C@]4(C)[C@H]3CC[C@]12C. The first-order valence-electron chi connectivity index (χ1n) is 13.8. The third-order valence-electron chi connectivity index (χ3n) is 11.1. The molecular formula is C27H45F2NO5S. The number of aliphatic hydroxyl groups excluding tert-OH is 2. The molecule has 4 aliphatic rings. The number of hydrogen-bond acceptors (Lipinski definition) is 5. The van der Waals surface area contributed by atoms with Crippen molar-refractivity contribution in [2.75, 3.05) is 18.6 Å². The molecule has 0 aliphatic heterocycles. The number of amides is 1. The molecule has 36 heavy (non-hydrogen) atoms. The molecule has 0 heterocycles. The van der Waals surface area contributed by atoms with Crippen LogP contribution in [0.25, 0.3) is 0 Å². The quantitative estimate of drug-likeness (QED) is 0.462. The van der Waals surface area contributed by atoms with Crippen LogP contribution in [0, 0.1) is 46.3 Å². The molecule has 0 aromatic rings. The van der Waals surface area contributed by atoms with Crippen LogP contribution in [-0.2, 0) is 14.6 Å². The lowest BCUT2D eigenvalue weighted by Gasteiger charge is -2.63. The number of halogens is 2. The Morgan fingerprint density at radius 3 is 2.42 bits per heavy atom. The zero-order chi connectivity index (χ0) is 26.7. The van der Waals surface area contributed by atoms with E-state index in [2.05, 4.69) is 19.2 Å². The number of hydrogen-bond donors (Lipinski definition) is 3. The number of rotatable bonds is 7. The predicted octanol–water partition coefficient (Wildman–Crippen LogP) is 3.80. The van der Waals surface area contributed by atoms with E-state index in [0.29, 0.717) is 24.7 Å². The highest BCUT2D eigenvalue weighted by atomic mass is 32.2. The lowest BCUT2D eigenvalue weighted by molar-refractivity contribution is -0.236.